The molecule has 0 saturated heterocycles. The number of carboxylic acid groups (broad SMARTS) is 1. The standard InChI is InChI=1S/C13H16ClNO2/c14-9-5-11-15(10-4-8-13(16)17)12-6-2-1-3-7-12/h1-3,5-7,9H,4,8,10-11H2,(H,16,17)/b9-5+. The Kier molecular flexibility index (Phi) is 6.18. The van der Waals surface area contributed by atoms with Gasteiger partial charge >= 0.3 is 5.97 Å². The van der Waals surface area contributed by atoms with Crippen LogP contribution >= 0.6 is 11.6 Å². The fourth-order valence-electron chi connectivity index (χ4n) is 1.55. The highest BCUT2D eigenvalue weighted by Crippen LogP contribution is 2.14. The van der Waals surface area contributed by atoms with Gasteiger partial charge in [0, 0.05) is 30.7 Å². The van der Waals surface area contributed by atoms with Gasteiger partial charge in [0.15, 0.2) is 0 Å². The van der Waals surface area contributed by atoms with Gasteiger partial charge in [-0.25, -0.2) is 0 Å². The van der Waals surface area contributed by atoms with Crippen LogP contribution in [-0.2, 0) is 4.79 Å². The summed E-state index contributed by atoms with van der Waals surface area (Å²) in [4.78, 5) is 12.6. The first kappa shape index (κ1) is 13.6. The lowest BCUT2D eigenvalue weighted by Gasteiger charge is -2.22. The van der Waals surface area contributed by atoms with Gasteiger partial charge < -0.3 is 10.0 Å². The zero-order valence-corrected chi connectivity index (χ0v) is 10.3. The van der Waals surface area contributed by atoms with Crippen LogP contribution < -0.4 is 4.90 Å². The average Bonchev–Trinajstić information content (AvgIpc) is 2.34. The highest BCUT2D eigenvalue weighted by Gasteiger charge is 2.05. The second kappa shape index (κ2) is 7.74. The summed E-state index contributed by atoms with van der Waals surface area (Å²) in [6.07, 6.45) is 2.66. The normalized spacial score (nSPS) is 10.6. The van der Waals surface area contributed by atoms with Crippen molar-refractivity contribution in [2.75, 3.05) is 18.0 Å². The van der Waals surface area contributed by atoms with Crippen molar-refractivity contribution in [2.45, 2.75) is 12.8 Å². The first-order chi connectivity index (χ1) is 8.24. The Morgan fingerprint density at radius 1 is 1.35 bits per heavy atom. The van der Waals surface area contributed by atoms with Crippen molar-refractivity contribution in [3.05, 3.63) is 41.9 Å². The lowest BCUT2D eigenvalue weighted by molar-refractivity contribution is -0.137. The van der Waals surface area contributed by atoms with Crippen LogP contribution in [0.25, 0.3) is 0 Å². The zero-order valence-electron chi connectivity index (χ0n) is 9.55. The van der Waals surface area contributed by atoms with Crippen LogP contribution in [0.1, 0.15) is 12.8 Å². The SMILES string of the molecule is O=C(O)CCCN(C/C=C/Cl)c1ccccc1. The Labute approximate surface area is 106 Å². The van der Waals surface area contributed by atoms with Crippen molar-refractivity contribution in [2.24, 2.45) is 0 Å². The molecule has 0 fully saturated rings. The van der Waals surface area contributed by atoms with E-state index >= 15 is 0 Å². The molecule has 0 heterocycles. The lowest BCUT2D eigenvalue weighted by Crippen LogP contribution is -2.24. The summed E-state index contributed by atoms with van der Waals surface area (Å²) in [5.74, 6) is -0.758. The topological polar surface area (TPSA) is 40.5 Å². The minimum atomic E-state index is -0.758. The van der Waals surface area contributed by atoms with E-state index < -0.39 is 5.97 Å². The van der Waals surface area contributed by atoms with Gasteiger partial charge in [-0.05, 0) is 18.6 Å². The van der Waals surface area contributed by atoms with Crippen molar-refractivity contribution < 1.29 is 9.90 Å². The number of rotatable bonds is 7. The molecule has 0 unspecified atom stereocenters. The van der Waals surface area contributed by atoms with E-state index in [4.69, 9.17) is 16.7 Å². The fraction of sp³-hybridized carbons (Fsp3) is 0.308. The van der Waals surface area contributed by atoms with Crippen molar-refractivity contribution in [1.29, 1.82) is 0 Å². The smallest absolute Gasteiger partial charge is 0.303 e. The summed E-state index contributed by atoms with van der Waals surface area (Å²) in [7, 11) is 0. The van der Waals surface area contributed by atoms with E-state index in [1.807, 2.05) is 36.4 Å². The predicted octanol–water partition coefficient (Wildman–Crippen LogP) is 3.11. The monoisotopic (exact) mass is 253 g/mol. The third kappa shape index (κ3) is 5.41. The minimum Gasteiger partial charge on any atom is -0.481 e. The van der Waals surface area contributed by atoms with E-state index in [0.717, 1.165) is 5.69 Å². The Balaban J connectivity index is 2.57. The van der Waals surface area contributed by atoms with Crippen LogP contribution in [-0.4, -0.2) is 24.2 Å². The molecular weight excluding hydrogens is 238 g/mol. The van der Waals surface area contributed by atoms with Crippen molar-refractivity contribution in [3.63, 3.8) is 0 Å². The van der Waals surface area contributed by atoms with Gasteiger partial charge in [0.1, 0.15) is 0 Å². The summed E-state index contributed by atoms with van der Waals surface area (Å²) in [5.41, 5.74) is 2.56. The van der Waals surface area contributed by atoms with Crippen molar-refractivity contribution >= 4 is 23.3 Å². The van der Waals surface area contributed by atoms with E-state index in [1.54, 1.807) is 0 Å². The molecule has 1 aromatic rings. The largest absolute Gasteiger partial charge is 0.481 e. The number of para-hydroxylation sites is 1. The van der Waals surface area contributed by atoms with Crippen molar-refractivity contribution in [1.82, 2.24) is 0 Å². The molecule has 0 aliphatic carbocycles. The van der Waals surface area contributed by atoms with Crippen LogP contribution in [0.4, 0.5) is 5.69 Å². The fourth-order valence-corrected chi connectivity index (χ4v) is 1.63. The molecule has 1 rings (SSSR count). The van der Waals surface area contributed by atoms with Crippen LogP contribution in [0, 0.1) is 0 Å². The molecule has 0 atom stereocenters. The van der Waals surface area contributed by atoms with E-state index in [0.29, 0.717) is 19.5 Å². The van der Waals surface area contributed by atoms with E-state index in [1.165, 1.54) is 5.54 Å². The molecule has 0 aliphatic rings. The number of benzene rings is 1. The Bertz CT molecular complexity index is 365. The van der Waals surface area contributed by atoms with Crippen LogP contribution in [0.5, 0.6) is 0 Å². The lowest BCUT2D eigenvalue weighted by atomic mass is 10.2. The molecule has 0 aromatic heterocycles. The van der Waals surface area contributed by atoms with Gasteiger partial charge in [0.05, 0.1) is 0 Å². The number of aliphatic carboxylic acids is 1. The van der Waals surface area contributed by atoms with E-state index in [2.05, 4.69) is 4.90 Å². The molecule has 0 aliphatic heterocycles. The van der Waals surface area contributed by atoms with E-state index in [-0.39, 0.29) is 6.42 Å². The third-order valence-electron chi connectivity index (χ3n) is 2.35. The maximum atomic E-state index is 10.5. The first-order valence-electron chi connectivity index (χ1n) is 5.51. The van der Waals surface area contributed by atoms with Gasteiger partial charge in [-0.2, -0.15) is 0 Å². The molecule has 3 nitrogen and oxygen atoms in total. The molecule has 4 heteroatoms. The van der Waals surface area contributed by atoms with Gasteiger partial charge in [-0.3, -0.25) is 4.79 Å². The summed E-state index contributed by atoms with van der Waals surface area (Å²) < 4.78 is 0. The number of halogens is 1. The molecule has 92 valence electrons. The Morgan fingerprint density at radius 3 is 2.65 bits per heavy atom. The van der Waals surface area contributed by atoms with E-state index in [9.17, 15) is 4.79 Å². The Hall–Kier alpha value is -1.48. The summed E-state index contributed by atoms with van der Waals surface area (Å²) in [5, 5.41) is 8.62. The number of anilines is 1. The minimum absolute atomic E-state index is 0.188. The second-order valence-electron chi connectivity index (χ2n) is 3.64. The highest BCUT2D eigenvalue weighted by atomic mass is 35.5. The summed E-state index contributed by atoms with van der Waals surface area (Å²) >= 11 is 5.52. The molecule has 0 bridgehead atoms. The molecule has 1 aromatic carbocycles. The quantitative estimate of drug-likeness (QED) is 0.812. The molecule has 17 heavy (non-hydrogen) atoms. The van der Waals surface area contributed by atoms with Gasteiger partial charge in [-0.1, -0.05) is 35.9 Å². The summed E-state index contributed by atoms with van der Waals surface area (Å²) in [6, 6.07) is 9.88. The first-order valence-corrected chi connectivity index (χ1v) is 5.94. The molecule has 0 saturated carbocycles. The predicted molar refractivity (Wildman–Crippen MR) is 70.5 cm³/mol. The van der Waals surface area contributed by atoms with Crippen LogP contribution in [0.3, 0.4) is 0 Å². The molecular formula is C13H16ClNO2. The molecule has 1 N–H and O–H groups in total. The third-order valence-corrected chi connectivity index (χ3v) is 2.53. The van der Waals surface area contributed by atoms with Gasteiger partial charge in [0.2, 0.25) is 0 Å². The van der Waals surface area contributed by atoms with Gasteiger partial charge in [0.25, 0.3) is 0 Å². The van der Waals surface area contributed by atoms with Crippen LogP contribution in [0.2, 0.25) is 0 Å². The number of hydrogen-bond donors (Lipinski definition) is 1. The molecule has 0 amide bonds. The van der Waals surface area contributed by atoms with Crippen LogP contribution in [0.15, 0.2) is 41.9 Å². The number of nitrogens with zero attached hydrogens (tertiary/aromatic N) is 1. The highest BCUT2D eigenvalue weighted by molar-refractivity contribution is 6.25. The summed E-state index contributed by atoms with van der Waals surface area (Å²) in [6.45, 7) is 1.39. The maximum absolute atomic E-state index is 10.5. The average molecular weight is 254 g/mol. The maximum Gasteiger partial charge on any atom is 0.303 e. The Morgan fingerprint density at radius 2 is 2.06 bits per heavy atom. The van der Waals surface area contributed by atoms with Crippen molar-refractivity contribution in [3.8, 4) is 0 Å². The number of carbonyl (C=O) groups is 1. The number of carboxylic acids is 1. The zero-order chi connectivity index (χ0) is 12.5. The van der Waals surface area contributed by atoms with Gasteiger partial charge in [-0.15, -0.1) is 0 Å². The second-order valence-corrected chi connectivity index (χ2v) is 3.89. The molecule has 0 spiro atoms. The number of hydrogen-bond acceptors (Lipinski definition) is 2. The molecule has 0 radical (unpaired) electrons.